The lowest BCUT2D eigenvalue weighted by molar-refractivity contribution is -0.154. The average molecular weight is 589 g/mol. The Morgan fingerprint density at radius 1 is 0.953 bits per heavy atom. The van der Waals surface area contributed by atoms with Crippen molar-refractivity contribution in [3.05, 3.63) is 58.8 Å². The van der Waals surface area contributed by atoms with Crippen LogP contribution in [0.5, 0.6) is 5.88 Å². The van der Waals surface area contributed by atoms with E-state index < -0.39 is 35.5 Å². The number of methoxy groups -OCH3 is 1. The number of benzene rings is 1. The molecule has 1 N–H and O–H groups in total. The first-order valence-electron chi connectivity index (χ1n) is 16.5. The van der Waals surface area contributed by atoms with Gasteiger partial charge in [0.1, 0.15) is 6.04 Å². The summed E-state index contributed by atoms with van der Waals surface area (Å²) in [5, 5.41) is 10.9. The number of carbonyl (C=O) groups is 2. The fraction of sp³-hybridized carbons (Fsp3) is 0.639. The normalized spacial score (nSPS) is 26.7. The number of aliphatic carboxylic acids is 1. The Hall–Kier alpha value is -2.93. The molecule has 43 heavy (non-hydrogen) atoms. The summed E-state index contributed by atoms with van der Waals surface area (Å²) in [6.07, 6.45) is 12.0. The summed E-state index contributed by atoms with van der Waals surface area (Å²) < 4.78 is 12.6. The molecule has 0 bridgehead atoms. The molecule has 4 atom stereocenters. The first-order chi connectivity index (χ1) is 20.7. The number of hydrogen-bond donors (Lipinski definition) is 1. The number of ether oxygens (including phenoxy) is 2. The number of pyridine rings is 1. The lowest BCUT2D eigenvalue weighted by Crippen LogP contribution is -2.49. The minimum atomic E-state index is -0.974. The number of aromatic nitrogens is 1. The molecule has 1 aromatic carbocycles. The molecule has 2 heterocycles. The van der Waals surface area contributed by atoms with Gasteiger partial charge in [0.25, 0.3) is 0 Å². The van der Waals surface area contributed by atoms with Crippen molar-refractivity contribution in [1.82, 2.24) is 9.88 Å². The van der Waals surface area contributed by atoms with Gasteiger partial charge in [0.2, 0.25) is 11.8 Å². The van der Waals surface area contributed by atoms with E-state index >= 15 is 0 Å². The van der Waals surface area contributed by atoms with Gasteiger partial charge in [0, 0.05) is 23.6 Å². The summed E-state index contributed by atoms with van der Waals surface area (Å²) in [6, 6.07) is 9.07. The van der Waals surface area contributed by atoms with Crippen LogP contribution >= 0.6 is 0 Å². The number of likely N-dealkylation sites (tertiary alicyclic amines) is 1. The summed E-state index contributed by atoms with van der Waals surface area (Å²) in [5.74, 6) is -0.0246. The summed E-state index contributed by atoms with van der Waals surface area (Å²) >= 11 is 0. The van der Waals surface area contributed by atoms with Crippen LogP contribution in [-0.4, -0.2) is 46.1 Å². The lowest BCUT2D eigenvalue weighted by Gasteiger charge is -2.35. The van der Waals surface area contributed by atoms with Crippen LogP contribution in [0.2, 0.25) is 0 Å². The maximum atomic E-state index is 14.5. The lowest BCUT2D eigenvalue weighted by atomic mass is 9.73. The maximum Gasteiger partial charge on any atom is 0.326 e. The standard InChI is InChI=1S/C36H48N2O5/c1-36(2,3)29-31(35(40)41)38(34(39)24-11-6-5-7-12-24)30(28-16-9-8-15-27(28)23-17-18-23)32(29)43-21-26-19-25(22-13-10-14-22)20-37-33(26)42-4/h8-9,15-16,19-20,22-24,29-32H,5-7,10-14,17-18,21H2,1-4H3,(H,40,41)/t29-,30+,31+,32+/m1/s1. The Morgan fingerprint density at radius 2 is 1.65 bits per heavy atom. The third-order valence-corrected chi connectivity index (χ3v) is 10.5. The topological polar surface area (TPSA) is 89.0 Å². The molecule has 1 aromatic heterocycles. The molecule has 4 aliphatic rings. The van der Waals surface area contributed by atoms with Gasteiger partial charge in [-0.2, -0.15) is 0 Å². The van der Waals surface area contributed by atoms with Crippen LogP contribution in [0.1, 0.15) is 125 Å². The molecular formula is C36H48N2O5. The van der Waals surface area contributed by atoms with Gasteiger partial charge >= 0.3 is 5.97 Å². The first-order valence-corrected chi connectivity index (χ1v) is 16.5. The van der Waals surface area contributed by atoms with Gasteiger partial charge in [-0.15, -0.1) is 0 Å². The highest BCUT2D eigenvalue weighted by Crippen LogP contribution is 2.53. The Kier molecular flexibility index (Phi) is 8.56. The number of nitrogens with zero attached hydrogens (tertiary/aromatic N) is 2. The van der Waals surface area contributed by atoms with E-state index in [-0.39, 0.29) is 18.4 Å². The predicted octanol–water partition coefficient (Wildman–Crippen LogP) is 7.40. The zero-order valence-corrected chi connectivity index (χ0v) is 26.3. The quantitative estimate of drug-likeness (QED) is 0.328. The summed E-state index contributed by atoms with van der Waals surface area (Å²) in [5.41, 5.74) is 3.92. The number of hydrogen-bond acceptors (Lipinski definition) is 5. The van der Waals surface area contributed by atoms with Crippen molar-refractivity contribution < 1.29 is 24.2 Å². The van der Waals surface area contributed by atoms with Crippen LogP contribution in [0.4, 0.5) is 0 Å². The van der Waals surface area contributed by atoms with Crippen molar-refractivity contribution in [2.45, 2.75) is 122 Å². The molecule has 1 amide bonds. The zero-order valence-electron chi connectivity index (χ0n) is 26.3. The van der Waals surface area contributed by atoms with Gasteiger partial charge in [-0.3, -0.25) is 4.79 Å². The van der Waals surface area contributed by atoms with Gasteiger partial charge in [-0.05, 0) is 78.5 Å². The fourth-order valence-corrected chi connectivity index (χ4v) is 7.98. The van der Waals surface area contributed by atoms with Crippen molar-refractivity contribution in [1.29, 1.82) is 0 Å². The summed E-state index contributed by atoms with van der Waals surface area (Å²) in [4.78, 5) is 34.2. The molecule has 6 rings (SSSR count). The van der Waals surface area contributed by atoms with Crippen molar-refractivity contribution in [2.75, 3.05) is 7.11 Å². The van der Waals surface area contributed by atoms with Crippen molar-refractivity contribution >= 4 is 11.9 Å². The van der Waals surface area contributed by atoms with Gasteiger partial charge in [-0.1, -0.05) is 70.7 Å². The van der Waals surface area contributed by atoms with Gasteiger partial charge < -0.3 is 19.5 Å². The Bertz CT molecular complexity index is 1320. The van der Waals surface area contributed by atoms with E-state index in [1.807, 2.05) is 12.3 Å². The van der Waals surface area contributed by atoms with E-state index in [4.69, 9.17) is 9.47 Å². The molecule has 3 aliphatic carbocycles. The number of carboxylic acid groups (broad SMARTS) is 1. The summed E-state index contributed by atoms with van der Waals surface area (Å²) in [6.45, 7) is 6.50. The minimum Gasteiger partial charge on any atom is -0.481 e. The molecule has 0 spiro atoms. The van der Waals surface area contributed by atoms with Crippen LogP contribution in [0, 0.1) is 17.3 Å². The zero-order chi connectivity index (χ0) is 30.3. The van der Waals surface area contributed by atoms with E-state index in [1.54, 1.807) is 12.0 Å². The maximum absolute atomic E-state index is 14.5. The monoisotopic (exact) mass is 588 g/mol. The number of carboxylic acids is 1. The number of rotatable bonds is 9. The van der Waals surface area contributed by atoms with E-state index in [0.717, 1.165) is 56.1 Å². The van der Waals surface area contributed by atoms with Crippen molar-refractivity contribution in [3.8, 4) is 5.88 Å². The molecule has 0 radical (unpaired) electrons. The van der Waals surface area contributed by atoms with Crippen LogP contribution in [0.15, 0.2) is 36.5 Å². The second-order valence-corrected chi connectivity index (χ2v) is 14.4. The van der Waals surface area contributed by atoms with Gasteiger partial charge in [0.05, 0.1) is 25.9 Å². The molecule has 1 saturated heterocycles. The molecular weight excluding hydrogens is 540 g/mol. The Labute approximate surface area is 256 Å². The van der Waals surface area contributed by atoms with Crippen molar-refractivity contribution in [3.63, 3.8) is 0 Å². The smallest absolute Gasteiger partial charge is 0.326 e. The van der Waals surface area contributed by atoms with Crippen molar-refractivity contribution in [2.24, 2.45) is 17.3 Å². The highest BCUT2D eigenvalue weighted by atomic mass is 16.5. The molecule has 7 heteroatoms. The van der Waals surface area contributed by atoms with Gasteiger partial charge in [0.15, 0.2) is 0 Å². The van der Waals surface area contributed by atoms with Crippen LogP contribution < -0.4 is 4.74 Å². The second-order valence-electron chi connectivity index (χ2n) is 14.4. The fourth-order valence-electron chi connectivity index (χ4n) is 7.98. The largest absolute Gasteiger partial charge is 0.481 e. The van der Waals surface area contributed by atoms with E-state index in [0.29, 0.717) is 17.7 Å². The molecule has 3 saturated carbocycles. The second kappa shape index (κ2) is 12.2. The highest BCUT2D eigenvalue weighted by Gasteiger charge is 2.60. The van der Waals surface area contributed by atoms with E-state index in [9.17, 15) is 14.7 Å². The number of carbonyl (C=O) groups excluding carboxylic acids is 1. The van der Waals surface area contributed by atoms with Crippen LogP contribution in [-0.2, 0) is 20.9 Å². The van der Waals surface area contributed by atoms with Gasteiger partial charge in [-0.25, -0.2) is 9.78 Å². The van der Waals surface area contributed by atoms with Crippen LogP contribution in [0.3, 0.4) is 0 Å². The van der Waals surface area contributed by atoms with E-state index in [2.05, 4.69) is 50.0 Å². The highest BCUT2D eigenvalue weighted by molar-refractivity contribution is 5.87. The molecule has 1 aliphatic heterocycles. The van der Waals surface area contributed by atoms with E-state index in [1.165, 1.54) is 30.4 Å². The van der Waals surface area contributed by atoms with Crippen LogP contribution in [0.25, 0.3) is 0 Å². The Balaban J connectivity index is 1.44. The predicted molar refractivity (Wildman–Crippen MR) is 165 cm³/mol. The molecule has 7 nitrogen and oxygen atoms in total. The Morgan fingerprint density at radius 3 is 2.23 bits per heavy atom. The summed E-state index contributed by atoms with van der Waals surface area (Å²) in [7, 11) is 1.63. The molecule has 232 valence electrons. The third kappa shape index (κ3) is 5.94. The molecule has 2 aromatic rings. The molecule has 0 unspecified atom stereocenters. The minimum absolute atomic E-state index is 0.0192. The average Bonchev–Trinajstić information content (AvgIpc) is 3.75. The SMILES string of the molecule is COc1ncc(C2CCC2)cc1CO[C@H]1[C@H](C(C)(C)C)[C@@H](C(=O)O)N(C(=O)C2CCCCC2)[C@H]1c1ccccc1C1CC1. The first kappa shape index (κ1) is 30.1. The molecule has 4 fully saturated rings. The third-order valence-electron chi connectivity index (χ3n) is 10.5. The number of amides is 1.